The molecule has 1 saturated heterocycles. The summed E-state index contributed by atoms with van der Waals surface area (Å²) >= 11 is 0. The van der Waals surface area contributed by atoms with Gasteiger partial charge >= 0.3 is 0 Å². The Balaban J connectivity index is 2.28. The second-order valence-electron chi connectivity index (χ2n) is 5.38. The molecule has 3 amide bonds. The predicted molar refractivity (Wildman–Crippen MR) is 82.8 cm³/mol. The third-order valence-electron chi connectivity index (χ3n) is 3.54. The Bertz CT molecular complexity index is 649. The summed E-state index contributed by atoms with van der Waals surface area (Å²) in [6, 6.07) is -0.893. The molecule has 6 nitrogen and oxygen atoms in total. The largest absolute Gasteiger partial charge is 0.295 e. The number of allylic oxidation sites excluding steroid dienone is 4. The van der Waals surface area contributed by atoms with Crippen LogP contribution in [-0.2, 0) is 14.4 Å². The highest BCUT2D eigenvalue weighted by molar-refractivity contribution is 6.07. The lowest BCUT2D eigenvalue weighted by Crippen LogP contribution is -2.53. The van der Waals surface area contributed by atoms with Gasteiger partial charge in [0.25, 0.3) is 11.8 Å². The lowest BCUT2D eigenvalue weighted by atomic mass is 10.0. The van der Waals surface area contributed by atoms with E-state index < -0.39 is 23.7 Å². The highest BCUT2D eigenvalue weighted by Gasteiger charge is 2.38. The van der Waals surface area contributed by atoms with Crippen molar-refractivity contribution in [2.24, 2.45) is 5.10 Å². The molecule has 0 saturated carbocycles. The van der Waals surface area contributed by atoms with Crippen LogP contribution >= 0.6 is 0 Å². The molecule has 23 heavy (non-hydrogen) atoms. The minimum atomic E-state index is -0.893. The van der Waals surface area contributed by atoms with Crippen molar-refractivity contribution < 1.29 is 18.8 Å². The predicted octanol–water partition coefficient (Wildman–Crippen LogP) is 1.76. The minimum absolute atomic E-state index is 0.0393. The molecule has 2 aliphatic heterocycles. The molecule has 2 rings (SSSR count). The van der Waals surface area contributed by atoms with Crippen molar-refractivity contribution in [1.29, 1.82) is 0 Å². The van der Waals surface area contributed by atoms with Crippen molar-refractivity contribution in [3.8, 4) is 0 Å². The van der Waals surface area contributed by atoms with Crippen molar-refractivity contribution in [2.45, 2.75) is 38.6 Å². The maximum Gasteiger partial charge on any atom is 0.273 e. The van der Waals surface area contributed by atoms with Gasteiger partial charge in [0.15, 0.2) is 0 Å². The molecule has 1 N–H and O–H groups in total. The zero-order valence-electron chi connectivity index (χ0n) is 12.8. The van der Waals surface area contributed by atoms with Crippen LogP contribution in [0.3, 0.4) is 0 Å². The number of amides is 3. The molecular formula is C16H18FN3O3. The van der Waals surface area contributed by atoms with E-state index in [4.69, 9.17) is 0 Å². The summed E-state index contributed by atoms with van der Waals surface area (Å²) in [5, 5.41) is 7.23. The van der Waals surface area contributed by atoms with Gasteiger partial charge in [0.2, 0.25) is 5.91 Å². The average molecular weight is 319 g/mol. The van der Waals surface area contributed by atoms with Crippen LogP contribution in [0.4, 0.5) is 4.39 Å². The molecule has 122 valence electrons. The quantitative estimate of drug-likeness (QED) is 0.487. The van der Waals surface area contributed by atoms with Gasteiger partial charge in [-0.1, -0.05) is 12.2 Å². The highest BCUT2D eigenvalue weighted by Crippen LogP contribution is 2.25. The Morgan fingerprint density at radius 1 is 1.48 bits per heavy atom. The lowest BCUT2D eigenvalue weighted by Gasteiger charge is -2.32. The van der Waals surface area contributed by atoms with Gasteiger partial charge in [0, 0.05) is 18.6 Å². The SMILES string of the molecule is C=CC/C=C\C(F)=C1/CC(C)=NN(C2CCC(=O)NC2=O)C1=O. The Hall–Kier alpha value is -2.57. The molecule has 1 atom stereocenters. The molecule has 2 aliphatic rings. The number of carbonyl (C=O) groups excluding carboxylic acids is 3. The van der Waals surface area contributed by atoms with Crippen molar-refractivity contribution in [3.63, 3.8) is 0 Å². The molecule has 2 heterocycles. The summed E-state index contributed by atoms with van der Waals surface area (Å²) in [5.74, 6) is -2.27. The van der Waals surface area contributed by atoms with Crippen molar-refractivity contribution in [3.05, 3.63) is 36.2 Å². The fourth-order valence-electron chi connectivity index (χ4n) is 2.42. The number of piperidine rings is 1. The molecule has 7 heteroatoms. The number of nitrogens with one attached hydrogen (secondary N) is 1. The van der Waals surface area contributed by atoms with E-state index in [1.165, 1.54) is 6.08 Å². The normalized spacial score (nSPS) is 24.6. The Morgan fingerprint density at radius 2 is 2.22 bits per heavy atom. The maximum absolute atomic E-state index is 14.2. The lowest BCUT2D eigenvalue weighted by molar-refractivity contribution is -0.144. The molecule has 0 aromatic heterocycles. The Morgan fingerprint density at radius 3 is 2.87 bits per heavy atom. The van der Waals surface area contributed by atoms with Crippen LogP contribution in [0.1, 0.15) is 32.6 Å². The zero-order chi connectivity index (χ0) is 17.0. The first kappa shape index (κ1) is 16.8. The van der Waals surface area contributed by atoms with Gasteiger partial charge in [-0.2, -0.15) is 5.10 Å². The number of carbonyl (C=O) groups is 3. The van der Waals surface area contributed by atoms with Crippen molar-refractivity contribution in [1.82, 2.24) is 10.3 Å². The van der Waals surface area contributed by atoms with Gasteiger partial charge in [-0.05, 0) is 25.8 Å². The number of hydrazone groups is 1. The highest BCUT2D eigenvalue weighted by atomic mass is 19.1. The zero-order valence-corrected chi connectivity index (χ0v) is 12.8. The van der Waals surface area contributed by atoms with Gasteiger partial charge in [-0.15, -0.1) is 6.58 Å². The van der Waals surface area contributed by atoms with Gasteiger partial charge in [-0.3, -0.25) is 19.7 Å². The monoisotopic (exact) mass is 319 g/mol. The van der Waals surface area contributed by atoms with Crippen LogP contribution in [0, 0.1) is 0 Å². The molecule has 0 aliphatic carbocycles. The fourth-order valence-corrected chi connectivity index (χ4v) is 2.42. The topological polar surface area (TPSA) is 78.8 Å². The van der Waals surface area contributed by atoms with Crippen molar-refractivity contribution in [2.75, 3.05) is 0 Å². The maximum atomic E-state index is 14.2. The second-order valence-corrected chi connectivity index (χ2v) is 5.38. The molecule has 0 spiro atoms. The van der Waals surface area contributed by atoms with E-state index in [2.05, 4.69) is 17.0 Å². The van der Waals surface area contributed by atoms with Crippen molar-refractivity contribution >= 4 is 23.4 Å². The standard InChI is InChI=1S/C16H18FN3O3/c1-3-4-5-6-12(17)11-9-10(2)19-20(16(11)23)13-7-8-14(21)18-15(13)22/h3,5-6,13H,1,4,7-9H2,2H3,(H,18,21,22)/b6-5-,12-11-. The first-order valence-corrected chi connectivity index (χ1v) is 7.31. The first-order valence-electron chi connectivity index (χ1n) is 7.31. The second kappa shape index (κ2) is 7.13. The fraction of sp³-hybridized carbons (Fsp3) is 0.375. The van der Waals surface area contributed by atoms with Gasteiger partial charge in [-0.25, -0.2) is 9.40 Å². The first-order chi connectivity index (χ1) is 10.9. The molecule has 1 unspecified atom stereocenters. The summed E-state index contributed by atoms with van der Waals surface area (Å²) < 4.78 is 14.2. The number of nitrogens with zero attached hydrogens (tertiary/aromatic N) is 2. The van der Waals surface area contributed by atoms with Crippen LogP contribution < -0.4 is 5.32 Å². The average Bonchev–Trinajstić information content (AvgIpc) is 2.50. The van der Waals surface area contributed by atoms with E-state index in [0.29, 0.717) is 12.1 Å². The number of rotatable bonds is 4. The summed E-state index contributed by atoms with van der Waals surface area (Å²) in [4.78, 5) is 35.6. The van der Waals surface area contributed by atoms with Gasteiger partial charge in [0.05, 0.1) is 5.57 Å². The summed E-state index contributed by atoms with van der Waals surface area (Å²) in [6.07, 6.45) is 5.26. The minimum Gasteiger partial charge on any atom is -0.295 e. The van der Waals surface area contributed by atoms with Crippen LogP contribution in [0.2, 0.25) is 0 Å². The van der Waals surface area contributed by atoms with E-state index in [-0.39, 0.29) is 30.7 Å². The molecule has 0 aromatic rings. The van der Waals surface area contributed by atoms with Gasteiger partial charge < -0.3 is 0 Å². The van der Waals surface area contributed by atoms with E-state index in [1.807, 2.05) is 0 Å². The summed E-state index contributed by atoms with van der Waals surface area (Å²) in [6.45, 7) is 5.19. The molecular weight excluding hydrogens is 301 g/mol. The molecule has 0 aromatic carbocycles. The summed E-state index contributed by atoms with van der Waals surface area (Å²) in [5.41, 5.74) is 0.485. The Kier molecular flexibility index (Phi) is 5.20. The molecule has 1 fully saturated rings. The van der Waals surface area contributed by atoms with Crippen LogP contribution in [-0.4, -0.2) is 34.5 Å². The van der Waals surface area contributed by atoms with E-state index in [0.717, 1.165) is 5.01 Å². The molecule has 0 radical (unpaired) electrons. The van der Waals surface area contributed by atoms with Crippen LogP contribution in [0.15, 0.2) is 41.3 Å². The number of imide groups is 1. The number of hydrogen-bond acceptors (Lipinski definition) is 4. The Labute approximate surface area is 133 Å². The van der Waals surface area contributed by atoms with E-state index >= 15 is 0 Å². The van der Waals surface area contributed by atoms with E-state index in [9.17, 15) is 18.8 Å². The molecule has 0 bridgehead atoms. The van der Waals surface area contributed by atoms with Gasteiger partial charge in [0.1, 0.15) is 11.9 Å². The number of hydrogen-bond donors (Lipinski definition) is 1. The third kappa shape index (κ3) is 3.80. The third-order valence-corrected chi connectivity index (χ3v) is 3.54. The summed E-state index contributed by atoms with van der Waals surface area (Å²) in [7, 11) is 0. The smallest absolute Gasteiger partial charge is 0.273 e. The van der Waals surface area contributed by atoms with Crippen LogP contribution in [0.25, 0.3) is 0 Å². The van der Waals surface area contributed by atoms with E-state index in [1.54, 1.807) is 19.1 Å². The van der Waals surface area contributed by atoms with Crippen LogP contribution in [0.5, 0.6) is 0 Å². The number of halogens is 1.